The summed E-state index contributed by atoms with van der Waals surface area (Å²) in [5.74, 6) is 0. The van der Waals surface area contributed by atoms with Crippen LogP contribution < -0.4 is 0 Å². The number of para-hydroxylation sites is 2. The molecule has 35 heavy (non-hydrogen) atoms. The van der Waals surface area contributed by atoms with Crippen molar-refractivity contribution in [3.63, 3.8) is 0 Å². The van der Waals surface area contributed by atoms with Gasteiger partial charge in [-0.15, -0.1) is 0 Å². The summed E-state index contributed by atoms with van der Waals surface area (Å²) in [5.41, 5.74) is 11.8. The number of rotatable bonds is 2. The summed E-state index contributed by atoms with van der Waals surface area (Å²) >= 11 is 0. The van der Waals surface area contributed by atoms with E-state index in [9.17, 15) is 0 Å². The molecule has 0 atom stereocenters. The molecule has 166 valence electrons. The molecule has 2 heteroatoms. The average molecular weight is 449 g/mol. The Kier molecular flexibility index (Phi) is 4.22. The van der Waals surface area contributed by atoms with E-state index in [1.165, 1.54) is 38.8 Å². The normalized spacial score (nSPS) is 13.7. The fraction of sp³-hybridized carbons (Fsp3) is 0.0909. The van der Waals surface area contributed by atoms with Gasteiger partial charge < -0.3 is 0 Å². The van der Waals surface area contributed by atoms with Gasteiger partial charge in [-0.2, -0.15) is 0 Å². The Balaban J connectivity index is 1.47. The van der Waals surface area contributed by atoms with Crippen LogP contribution in [0.3, 0.4) is 0 Å². The van der Waals surface area contributed by atoms with E-state index in [4.69, 9.17) is 4.98 Å². The third-order valence-corrected chi connectivity index (χ3v) is 7.49. The van der Waals surface area contributed by atoms with Gasteiger partial charge in [-0.3, -0.25) is 4.98 Å². The van der Waals surface area contributed by atoms with E-state index in [2.05, 4.69) is 116 Å². The quantitative estimate of drug-likeness (QED) is 0.266. The van der Waals surface area contributed by atoms with Crippen molar-refractivity contribution in [2.75, 3.05) is 0 Å². The molecule has 6 aromatic rings. The van der Waals surface area contributed by atoms with Gasteiger partial charge in [-0.25, -0.2) is 4.98 Å². The molecule has 0 aliphatic heterocycles. The molecule has 2 nitrogen and oxygen atoms in total. The van der Waals surface area contributed by atoms with Gasteiger partial charge in [0.1, 0.15) is 0 Å². The van der Waals surface area contributed by atoms with Crippen molar-refractivity contribution in [2.45, 2.75) is 19.3 Å². The second-order valence-corrected chi connectivity index (χ2v) is 9.86. The maximum Gasteiger partial charge on any atom is 0.0780 e. The van der Waals surface area contributed by atoms with Gasteiger partial charge in [0, 0.05) is 33.5 Å². The Morgan fingerprint density at radius 2 is 1.34 bits per heavy atom. The second-order valence-electron chi connectivity index (χ2n) is 9.86. The minimum atomic E-state index is -0.128. The summed E-state index contributed by atoms with van der Waals surface area (Å²) in [7, 11) is 0. The first-order chi connectivity index (χ1) is 17.1. The third-order valence-electron chi connectivity index (χ3n) is 7.49. The van der Waals surface area contributed by atoms with E-state index in [1.807, 2.05) is 12.3 Å². The number of pyridine rings is 2. The Labute approximate surface area is 204 Å². The van der Waals surface area contributed by atoms with E-state index >= 15 is 0 Å². The third kappa shape index (κ3) is 2.90. The highest BCUT2D eigenvalue weighted by atomic mass is 14.7. The van der Waals surface area contributed by atoms with Crippen molar-refractivity contribution < 1.29 is 0 Å². The van der Waals surface area contributed by atoms with Gasteiger partial charge in [0.15, 0.2) is 0 Å². The smallest absolute Gasteiger partial charge is 0.0780 e. The van der Waals surface area contributed by atoms with Crippen molar-refractivity contribution in [3.8, 4) is 33.5 Å². The molecule has 2 aromatic heterocycles. The van der Waals surface area contributed by atoms with Crippen molar-refractivity contribution in [1.29, 1.82) is 0 Å². The number of benzene rings is 4. The zero-order chi connectivity index (χ0) is 23.6. The highest BCUT2D eigenvalue weighted by Gasteiger charge is 2.39. The fourth-order valence-electron chi connectivity index (χ4n) is 5.84. The molecule has 1 aliphatic carbocycles. The number of nitrogens with zero attached hydrogens (tertiary/aromatic N) is 2. The molecule has 4 aromatic carbocycles. The molecule has 0 radical (unpaired) electrons. The predicted molar refractivity (Wildman–Crippen MR) is 145 cm³/mol. The van der Waals surface area contributed by atoms with Crippen LogP contribution >= 0.6 is 0 Å². The van der Waals surface area contributed by atoms with E-state index in [0.717, 1.165) is 27.7 Å². The van der Waals surface area contributed by atoms with E-state index < -0.39 is 0 Å². The molecule has 0 saturated heterocycles. The lowest BCUT2D eigenvalue weighted by atomic mass is 9.78. The standard InChI is InChI=1S/C33H24N2/c1-33(2)27-14-5-3-11-25(27)32-30(33)29(26-12-4-6-15-28(26)35-32)22-18-16-21(17-19-22)24-13-7-9-23-10-8-20-34-31(23)24/h3-20H,1-2H3. The zero-order valence-corrected chi connectivity index (χ0v) is 19.8. The zero-order valence-electron chi connectivity index (χ0n) is 19.8. The largest absolute Gasteiger partial charge is 0.256 e. The second kappa shape index (κ2) is 7.35. The van der Waals surface area contributed by atoms with Crippen LogP contribution in [0.2, 0.25) is 0 Å². The minimum Gasteiger partial charge on any atom is -0.256 e. The van der Waals surface area contributed by atoms with Gasteiger partial charge in [0.05, 0.1) is 16.7 Å². The minimum absolute atomic E-state index is 0.128. The predicted octanol–water partition coefficient (Wildman–Crippen LogP) is 8.42. The summed E-state index contributed by atoms with van der Waals surface area (Å²) < 4.78 is 0. The molecule has 0 saturated carbocycles. The van der Waals surface area contributed by atoms with Crippen LogP contribution in [0.4, 0.5) is 0 Å². The molecule has 0 amide bonds. The highest BCUT2D eigenvalue weighted by molar-refractivity contribution is 6.02. The van der Waals surface area contributed by atoms with Crippen LogP contribution in [0.1, 0.15) is 25.0 Å². The molecular weight excluding hydrogens is 424 g/mol. The van der Waals surface area contributed by atoms with Crippen molar-refractivity contribution in [2.24, 2.45) is 0 Å². The summed E-state index contributed by atoms with van der Waals surface area (Å²) in [6, 6.07) is 36.7. The van der Waals surface area contributed by atoms with Gasteiger partial charge in [-0.05, 0) is 39.9 Å². The summed E-state index contributed by atoms with van der Waals surface area (Å²) in [5, 5.41) is 2.36. The Morgan fingerprint density at radius 1 is 0.629 bits per heavy atom. The van der Waals surface area contributed by atoms with E-state index in [-0.39, 0.29) is 5.41 Å². The van der Waals surface area contributed by atoms with Crippen LogP contribution in [0.15, 0.2) is 109 Å². The Morgan fingerprint density at radius 3 is 2.23 bits per heavy atom. The first kappa shape index (κ1) is 20.1. The average Bonchev–Trinajstić information content (AvgIpc) is 3.14. The monoisotopic (exact) mass is 448 g/mol. The molecule has 0 spiro atoms. The van der Waals surface area contributed by atoms with Crippen LogP contribution in [0.5, 0.6) is 0 Å². The first-order valence-electron chi connectivity index (χ1n) is 12.1. The van der Waals surface area contributed by atoms with Gasteiger partial charge in [0.2, 0.25) is 0 Å². The number of fused-ring (bicyclic) bond motifs is 5. The topological polar surface area (TPSA) is 25.8 Å². The van der Waals surface area contributed by atoms with Crippen molar-refractivity contribution >= 4 is 21.8 Å². The lowest BCUT2D eigenvalue weighted by Gasteiger charge is -2.25. The van der Waals surface area contributed by atoms with Crippen LogP contribution in [0, 0.1) is 0 Å². The lowest BCUT2D eigenvalue weighted by molar-refractivity contribution is 0.662. The van der Waals surface area contributed by atoms with Crippen LogP contribution in [0.25, 0.3) is 55.3 Å². The molecule has 2 heterocycles. The maximum atomic E-state index is 5.17. The maximum absolute atomic E-state index is 5.17. The SMILES string of the molecule is CC1(C)c2ccccc2-c2nc3ccccc3c(-c3ccc(-c4cccc5cccnc45)cc3)c21. The Bertz CT molecular complexity index is 1760. The van der Waals surface area contributed by atoms with Gasteiger partial charge in [0.25, 0.3) is 0 Å². The van der Waals surface area contributed by atoms with Crippen LogP contribution in [-0.2, 0) is 5.41 Å². The summed E-state index contributed by atoms with van der Waals surface area (Å²) in [6.45, 7) is 4.65. The molecule has 7 rings (SSSR count). The van der Waals surface area contributed by atoms with Gasteiger partial charge in [-0.1, -0.05) is 105 Å². The molecular formula is C33H24N2. The molecule has 0 N–H and O–H groups in total. The number of hydrogen-bond acceptors (Lipinski definition) is 2. The molecule has 0 unspecified atom stereocenters. The lowest BCUT2D eigenvalue weighted by Crippen LogP contribution is -2.16. The molecule has 0 bridgehead atoms. The first-order valence-corrected chi connectivity index (χ1v) is 12.1. The molecule has 0 fully saturated rings. The van der Waals surface area contributed by atoms with E-state index in [0.29, 0.717) is 0 Å². The van der Waals surface area contributed by atoms with Crippen molar-refractivity contribution in [1.82, 2.24) is 9.97 Å². The Hall–Kier alpha value is -4.30. The summed E-state index contributed by atoms with van der Waals surface area (Å²) in [6.07, 6.45) is 1.87. The van der Waals surface area contributed by atoms with Gasteiger partial charge >= 0.3 is 0 Å². The summed E-state index contributed by atoms with van der Waals surface area (Å²) in [4.78, 5) is 9.83. The fourth-order valence-corrected chi connectivity index (χ4v) is 5.84. The van der Waals surface area contributed by atoms with Crippen LogP contribution in [-0.4, -0.2) is 9.97 Å². The number of aromatic nitrogens is 2. The highest BCUT2D eigenvalue weighted by Crippen LogP contribution is 2.53. The number of hydrogen-bond donors (Lipinski definition) is 0. The van der Waals surface area contributed by atoms with Crippen molar-refractivity contribution in [3.05, 3.63) is 120 Å². The molecule has 1 aliphatic rings. The van der Waals surface area contributed by atoms with E-state index in [1.54, 1.807) is 0 Å².